The smallest absolute Gasteiger partial charge is 0.407 e. The molecule has 0 radical (unpaired) electrons. The standard InChI is InChI=1S/C14H21NO5/c1-14(2)19-9-12(20-14)11-8-15(13(17)18)6-5-10(11)4-3-7-16/h7,9-11H,3-6,8H2,1-2H3,(H,17,18)/t10-,11+/m1/s1. The third-order valence-corrected chi connectivity index (χ3v) is 3.87. The summed E-state index contributed by atoms with van der Waals surface area (Å²) < 4.78 is 11.2. The lowest BCUT2D eigenvalue weighted by Gasteiger charge is -2.37. The predicted molar refractivity (Wildman–Crippen MR) is 70.8 cm³/mol. The zero-order valence-electron chi connectivity index (χ0n) is 11.9. The molecule has 2 heterocycles. The Balaban J connectivity index is 2.09. The second kappa shape index (κ2) is 5.73. The van der Waals surface area contributed by atoms with Crippen molar-refractivity contribution in [1.82, 2.24) is 4.90 Å². The van der Waals surface area contributed by atoms with E-state index in [4.69, 9.17) is 14.6 Å². The molecular formula is C14H21NO5. The van der Waals surface area contributed by atoms with E-state index in [0.717, 1.165) is 19.1 Å². The van der Waals surface area contributed by atoms with Crippen LogP contribution in [0.15, 0.2) is 12.0 Å². The second-order valence-electron chi connectivity index (χ2n) is 5.77. The maximum Gasteiger partial charge on any atom is 0.407 e. The summed E-state index contributed by atoms with van der Waals surface area (Å²) in [5.74, 6) is 0.203. The molecule has 0 spiro atoms. The summed E-state index contributed by atoms with van der Waals surface area (Å²) in [7, 11) is 0. The van der Waals surface area contributed by atoms with Gasteiger partial charge in [-0.05, 0) is 18.8 Å². The number of likely N-dealkylation sites (tertiary alicyclic amines) is 1. The first kappa shape index (κ1) is 14.7. The molecule has 2 rings (SSSR count). The molecule has 6 heteroatoms. The molecular weight excluding hydrogens is 262 g/mol. The number of aldehydes is 1. The van der Waals surface area contributed by atoms with Gasteiger partial charge in [0.05, 0.1) is 0 Å². The van der Waals surface area contributed by atoms with Gasteiger partial charge in [0, 0.05) is 39.3 Å². The molecule has 1 amide bonds. The molecule has 2 aliphatic rings. The van der Waals surface area contributed by atoms with Gasteiger partial charge in [-0.25, -0.2) is 4.79 Å². The first-order valence-electron chi connectivity index (χ1n) is 6.91. The van der Waals surface area contributed by atoms with Crippen LogP contribution in [0, 0.1) is 11.8 Å². The van der Waals surface area contributed by atoms with E-state index in [1.54, 1.807) is 6.26 Å². The minimum Gasteiger partial charge on any atom is -0.465 e. The predicted octanol–water partition coefficient (Wildman–Crippen LogP) is 2.21. The molecule has 2 atom stereocenters. The van der Waals surface area contributed by atoms with Crippen LogP contribution in [0.5, 0.6) is 0 Å². The maximum absolute atomic E-state index is 11.1. The van der Waals surface area contributed by atoms with Crippen LogP contribution in [0.25, 0.3) is 0 Å². The van der Waals surface area contributed by atoms with E-state index in [1.165, 1.54) is 4.90 Å². The van der Waals surface area contributed by atoms with E-state index in [-0.39, 0.29) is 11.8 Å². The van der Waals surface area contributed by atoms with Gasteiger partial charge in [-0.1, -0.05) is 0 Å². The molecule has 0 aliphatic carbocycles. The summed E-state index contributed by atoms with van der Waals surface area (Å²) in [5.41, 5.74) is 0. The lowest BCUT2D eigenvalue weighted by Crippen LogP contribution is -2.44. The van der Waals surface area contributed by atoms with Crippen LogP contribution < -0.4 is 0 Å². The zero-order chi connectivity index (χ0) is 14.8. The van der Waals surface area contributed by atoms with Crippen LogP contribution in [0.2, 0.25) is 0 Å². The van der Waals surface area contributed by atoms with Crippen molar-refractivity contribution in [2.75, 3.05) is 13.1 Å². The Bertz CT molecular complexity index is 418. The number of hydrogen-bond donors (Lipinski definition) is 1. The number of ether oxygens (including phenoxy) is 2. The molecule has 112 valence electrons. The fourth-order valence-corrected chi connectivity index (χ4v) is 2.82. The summed E-state index contributed by atoms with van der Waals surface area (Å²) in [6.07, 6.45) is 3.57. The van der Waals surface area contributed by atoms with E-state index in [9.17, 15) is 9.59 Å². The number of nitrogens with zero attached hydrogens (tertiary/aromatic N) is 1. The molecule has 6 nitrogen and oxygen atoms in total. The average Bonchev–Trinajstić information content (AvgIpc) is 2.76. The van der Waals surface area contributed by atoms with Crippen molar-refractivity contribution < 1.29 is 24.2 Å². The third kappa shape index (κ3) is 3.23. The molecule has 20 heavy (non-hydrogen) atoms. The van der Waals surface area contributed by atoms with Crippen molar-refractivity contribution in [2.24, 2.45) is 11.8 Å². The number of carbonyl (C=O) groups is 2. The summed E-state index contributed by atoms with van der Waals surface area (Å²) in [6.45, 7) is 4.53. The lowest BCUT2D eigenvalue weighted by molar-refractivity contribution is -0.124. The third-order valence-electron chi connectivity index (χ3n) is 3.87. The van der Waals surface area contributed by atoms with Crippen LogP contribution >= 0.6 is 0 Å². The summed E-state index contributed by atoms with van der Waals surface area (Å²) in [5, 5.41) is 9.14. The molecule has 0 aromatic heterocycles. The Morgan fingerprint density at radius 2 is 2.35 bits per heavy atom. The van der Waals surface area contributed by atoms with Crippen LogP contribution in [0.4, 0.5) is 4.79 Å². The van der Waals surface area contributed by atoms with E-state index >= 15 is 0 Å². The first-order valence-corrected chi connectivity index (χ1v) is 6.91. The summed E-state index contributed by atoms with van der Waals surface area (Å²) in [6, 6.07) is 0. The lowest BCUT2D eigenvalue weighted by atomic mass is 9.81. The molecule has 1 fully saturated rings. The first-order chi connectivity index (χ1) is 9.43. The van der Waals surface area contributed by atoms with Crippen molar-refractivity contribution in [3.05, 3.63) is 12.0 Å². The van der Waals surface area contributed by atoms with E-state index in [2.05, 4.69) is 0 Å². The summed E-state index contributed by atoms with van der Waals surface area (Å²) in [4.78, 5) is 23.1. The van der Waals surface area contributed by atoms with Gasteiger partial charge >= 0.3 is 6.09 Å². The highest BCUT2D eigenvalue weighted by molar-refractivity contribution is 5.65. The zero-order valence-corrected chi connectivity index (χ0v) is 11.9. The number of piperidine rings is 1. The van der Waals surface area contributed by atoms with E-state index < -0.39 is 11.9 Å². The highest BCUT2D eigenvalue weighted by Gasteiger charge is 2.39. The average molecular weight is 283 g/mol. The molecule has 2 aliphatic heterocycles. The van der Waals surface area contributed by atoms with Crippen molar-refractivity contribution in [3.63, 3.8) is 0 Å². The molecule has 1 N–H and O–H groups in total. The van der Waals surface area contributed by atoms with Crippen molar-refractivity contribution >= 4 is 12.4 Å². The molecule has 1 saturated heterocycles. The Kier molecular flexibility index (Phi) is 4.20. The quantitative estimate of drug-likeness (QED) is 0.800. The number of carbonyl (C=O) groups excluding carboxylic acids is 1. The van der Waals surface area contributed by atoms with Crippen molar-refractivity contribution in [1.29, 1.82) is 0 Å². The Morgan fingerprint density at radius 1 is 1.60 bits per heavy atom. The minimum atomic E-state index is -0.914. The SMILES string of the molecule is CC1(C)OC=C([C@H]2CN(C(=O)O)CC[C@H]2CCC=O)O1. The largest absolute Gasteiger partial charge is 0.465 e. The Labute approximate surface area is 118 Å². The highest BCUT2D eigenvalue weighted by Crippen LogP contribution is 2.38. The normalized spacial score (nSPS) is 28.3. The molecule has 0 unspecified atom stereocenters. The van der Waals surface area contributed by atoms with Gasteiger partial charge in [0.15, 0.2) is 0 Å². The van der Waals surface area contributed by atoms with Gasteiger partial charge in [0.1, 0.15) is 18.3 Å². The van der Waals surface area contributed by atoms with Crippen molar-refractivity contribution in [2.45, 2.75) is 38.9 Å². The maximum atomic E-state index is 11.1. The van der Waals surface area contributed by atoms with E-state index in [0.29, 0.717) is 25.3 Å². The fourth-order valence-electron chi connectivity index (χ4n) is 2.82. The van der Waals surface area contributed by atoms with Gasteiger partial charge in [0.2, 0.25) is 5.79 Å². The van der Waals surface area contributed by atoms with Gasteiger partial charge in [0.25, 0.3) is 0 Å². The van der Waals surface area contributed by atoms with Crippen LogP contribution in [0.3, 0.4) is 0 Å². The van der Waals surface area contributed by atoms with Crippen LogP contribution in [-0.2, 0) is 14.3 Å². The monoisotopic (exact) mass is 283 g/mol. The molecule has 0 saturated carbocycles. The van der Waals surface area contributed by atoms with Gasteiger partial charge in [-0.2, -0.15) is 0 Å². The van der Waals surface area contributed by atoms with Gasteiger partial charge in [-0.15, -0.1) is 0 Å². The number of carboxylic acid groups (broad SMARTS) is 1. The van der Waals surface area contributed by atoms with Gasteiger partial charge in [-0.3, -0.25) is 0 Å². The van der Waals surface area contributed by atoms with E-state index in [1.807, 2.05) is 13.8 Å². The van der Waals surface area contributed by atoms with Crippen LogP contribution in [0.1, 0.15) is 33.1 Å². The Morgan fingerprint density at radius 3 is 2.90 bits per heavy atom. The molecule has 0 aromatic carbocycles. The minimum absolute atomic E-state index is 0.0402. The van der Waals surface area contributed by atoms with Gasteiger partial charge < -0.3 is 24.3 Å². The highest BCUT2D eigenvalue weighted by atomic mass is 16.7. The number of amides is 1. The van der Waals surface area contributed by atoms with Crippen molar-refractivity contribution in [3.8, 4) is 0 Å². The Hall–Kier alpha value is -1.72. The topological polar surface area (TPSA) is 76.1 Å². The molecule has 0 bridgehead atoms. The number of hydrogen-bond acceptors (Lipinski definition) is 4. The number of rotatable bonds is 4. The fraction of sp³-hybridized carbons (Fsp3) is 0.714. The van der Waals surface area contributed by atoms with Crippen LogP contribution in [-0.4, -0.2) is 41.3 Å². The molecule has 0 aromatic rings. The summed E-state index contributed by atoms with van der Waals surface area (Å²) >= 11 is 0. The second-order valence-corrected chi connectivity index (χ2v) is 5.77.